The van der Waals surface area contributed by atoms with Crippen LogP contribution in [-0.4, -0.2) is 9.97 Å². The number of allylic oxidation sites excluding steroid dienone is 2. The summed E-state index contributed by atoms with van der Waals surface area (Å²) in [6.45, 7) is 4.40. The predicted octanol–water partition coefficient (Wildman–Crippen LogP) is 3.33. The molecule has 1 heterocycles. The summed E-state index contributed by atoms with van der Waals surface area (Å²) in [4.78, 5) is 7.43. The number of nitrogens with zero attached hydrogens (tertiary/aromatic N) is 1. The molecule has 2 aromatic rings. The van der Waals surface area contributed by atoms with Gasteiger partial charge in [0.05, 0.1) is 6.33 Å². The van der Waals surface area contributed by atoms with Crippen molar-refractivity contribution in [3.8, 4) is 0 Å². The van der Waals surface area contributed by atoms with Crippen LogP contribution in [0.2, 0.25) is 0 Å². The Bertz CT molecular complexity index is 566. The Labute approximate surface area is 101 Å². The summed E-state index contributed by atoms with van der Waals surface area (Å²) in [6, 6.07) is 8.67. The van der Waals surface area contributed by atoms with E-state index in [1.807, 2.05) is 6.20 Å². The van der Waals surface area contributed by atoms with E-state index in [-0.39, 0.29) is 5.41 Å². The Hall–Kier alpha value is -1.83. The van der Waals surface area contributed by atoms with Crippen molar-refractivity contribution in [3.63, 3.8) is 0 Å². The molecule has 0 radical (unpaired) electrons. The van der Waals surface area contributed by atoms with Crippen LogP contribution in [0.1, 0.15) is 30.7 Å². The van der Waals surface area contributed by atoms with Crippen molar-refractivity contribution < 1.29 is 0 Å². The zero-order valence-electron chi connectivity index (χ0n) is 10.2. The van der Waals surface area contributed by atoms with Crippen LogP contribution in [0.15, 0.2) is 42.9 Å². The molecule has 1 unspecified atom stereocenters. The number of fused-ring (bicyclic) bond motifs is 1. The zero-order chi connectivity index (χ0) is 11.9. The molecule has 3 rings (SSSR count). The summed E-state index contributed by atoms with van der Waals surface area (Å²) in [5.74, 6) is 0. The van der Waals surface area contributed by atoms with E-state index < -0.39 is 0 Å². The summed E-state index contributed by atoms with van der Waals surface area (Å²) in [5.41, 5.74) is 5.44. The second-order valence-corrected chi connectivity index (χ2v) is 4.83. The third-order valence-corrected chi connectivity index (χ3v) is 3.83. The van der Waals surface area contributed by atoms with E-state index in [9.17, 15) is 0 Å². The number of H-pyrrole nitrogens is 1. The summed E-state index contributed by atoms with van der Waals surface area (Å²) >= 11 is 0. The van der Waals surface area contributed by atoms with E-state index in [0.29, 0.717) is 0 Å². The van der Waals surface area contributed by atoms with Crippen molar-refractivity contribution in [2.45, 2.75) is 25.7 Å². The molecule has 1 aromatic carbocycles. The average molecular weight is 224 g/mol. The summed E-state index contributed by atoms with van der Waals surface area (Å²) in [7, 11) is 0. The van der Waals surface area contributed by atoms with Gasteiger partial charge in [0.25, 0.3) is 0 Å². The first-order valence-corrected chi connectivity index (χ1v) is 5.99. The van der Waals surface area contributed by atoms with Crippen LogP contribution < -0.4 is 0 Å². The number of nitrogens with one attached hydrogen (secondary N) is 1. The molecule has 0 fully saturated rings. The van der Waals surface area contributed by atoms with Gasteiger partial charge in [-0.2, -0.15) is 0 Å². The van der Waals surface area contributed by atoms with E-state index in [2.05, 4.69) is 54.2 Å². The smallest absolute Gasteiger partial charge is 0.0922 e. The van der Waals surface area contributed by atoms with Gasteiger partial charge in [-0.15, -0.1) is 0 Å². The molecule has 1 aliphatic rings. The zero-order valence-corrected chi connectivity index (χ0v) is 10.2. The maximum absolute atomic E-state index is 4.16. The van der Waals surface area contributed by atoms with Gasteiger partial charge in [-0.1, -0.05) is 30.3 Å². The lowest BCUT2D eigenvalue weighted by atomic mass is 9.80. The maximum Gasteiger partial charge on any atom is 0.0922 e. The topological polar surface area (TPSA) is 28.7 Å². The number of imidazole rings is 1. The third-order valence-electron chi connectivity index (χ3n) is 3.83. The largest absolute Gasteiger partial charge is 0.348 e. The van der Waals surface area contributed by atoms with Crippen LogP contribution in [0.4, 0.5) is 0 Å². The monoisotopic (exact) mass is 224 g/mol. The lowest BCUT2D eigenvalue weighted by molar-refractivity contribution is 0.618. The van der Waals surface area contributed by atoms with Gasteiger partial charge in [0, 0.05) is 17.3 Å². The van der Waals surface area contributed by atoms with Crippen molar-refractivity contribution >= 4 is 5.57 Å². The molecule has 0 bridgehead atoms. The van der Waals surface area contributed by atoms with Crippen LogP contribution in [0.25, 0.3) is 5.57 Å². The summed E-state index contributed by atoms with van der Waals surface area (Å²) < 4.78 is 0. The van der Waals surface area contributed by atoms with E-state index in [1.165, 1.54) is 22.4 Å². The highest BCUT2D eigenvalue weighted by molar-refractivity contribution is 5.81. The molecule has 1 N–H and O–H groups in total. The number of aromatic nitrogens is 2. The Morgan fingerprint density at radius 1 is 1.35 bits per heavy atom. The number of aromatic amines is 1. The van der Waals surface area contributed by atoms with Gasteiger partial charge in [-0.3, -0.25) is 0 Å². The first-order chi connectivity index (χ1) is 8.25. The maximum atomic E-state index is 4.16. The molecule has 1 aliphatic carbocycles. The van der Waals surface area contributed by atoms with Crippen LogP contribution >= 0.6 is 0 Å². The van der Waals surface area contributed by atoms with E-state index in [1.54, 1.807) is 6.33 Å². The quantitative estimate of drug-likeness (QED) is 0.790. The summed E-state index contributed by atoms with van der Waals surface area (Å²) in [6.07, 6.45) is 6.98. The molecule has 17 heavy (non-hydrogen) atoms. The minimum atomic E-state index is 0.0366. The van der Waals surface area contributed by atoms with Crippen LogP contribution in [0, 0.1) is 0 Å². The van der Waals surface area contributed by atoms with Crippen LogP contribution in [-0.2, 0) is 11.8 Å². The molecule has 0 saturated carbocycles. The molecule has 0 amide bonds. The molecular formula is C15H16N2. The lowest BCUT2D eigenvalue weighted by Gasteiger charge is -2.24. The molecular weight excluding hydrogens is 208 g/mol. The molecule has 2 nitrogen and oxygen atoms in total. The Morgan fingerprint density at radius 3 is 2.88 bits per heavy atom. The van der Waals surface area contributed by atoms with Crippen molar-refractivity contribution in [2.75, 3.05) is 0 Å². The van der Waals surface area contributed by atoms with Gasteiger partial charge in [0.2, 0.25) is 0 Å². The predicted molar refractivity (Wildman–Crippen MR) is 69.7 cm³/mol. The van der Waals surface area contributed by atoms with Gasteiger partial charge >= 0.3 is 0 Å². The fraction of sp³-hybridized carbons (Fsp3) is 0.267. The van der Waals surface area contributed by atoms with Gasteiger partial charge in [0.15, 0.2) is 0 Å². The fourth-order valence-electron chi connectivity index (χ4n) is 2.98. The number of hydrogen-bond donors (Lipinski definition) is 1. The van der Waals surface area contributed by atoms with Crippen LogP contribution in [0.3, 0.4) is 0 Å². The highest BCUT2D eigenvalue weighted by Gasteiger charge is 2.39. The number of rotatable bonds is 1. The highest BCUT2D eigenvalue weighted by atomic mass is 14.9. The van der Waals surface area contributed by atoms with Gasteiger partial charge in [0.1, 0.15) is 0 Å². The number of benzene rings is 1. The van der Waals surface area contributed by atoms with Crippen LogP contribution in [0.5, 0.6) is 0 Å². The first-order valence-electron chi connectivity index (χ1n) is 5.99. The van der Waals surface area contributed by atoms with E-state index >= 15 is 0 Å². The molecule has 1 atom stereocenters. The molecule has 0 aliphatic heterocycles. The number of hydrogen-bond acceptors (Lipinski definition) is 1. The molecule has 0 saturated heterocycles. The minimum Gasteiger partial charge on any atom is -0.348 e. The lowest BCUT2D eigenvalue weighted by Crippen LogP contribution is -2.21. The standard InChI is InChI=1S/C15H16N2/c1-3-13-12-7-5-4-6-11(12)8-15(13,2)14-9-16-10-17-14/h3-7,9-10H,8H2,1-2H3,(H,16,17). The fourth-order valence-corrected chi connectivity index (χ4v) is 2.98. The second kappa shape index (κ2) is 3.59. The Balaban J connectivity index is 2.18. The van der Waals surface area contributed by atoms with Crippen molar-refractivity contribution in [2.24, 2.45) is 0 Å². The van der Waals surface area contributed by atoms with Gasteiger partial charge in [-0.25, -0.2) is 4.98 Å². The highest BCUT2D eigenvalue weighted by Crippen LogP contribution is 2.47. The van der Waals surface area contributed by atoms with Crippen molar-refractivity contribution in [3.05, 3.63) is 59.7 Å². The average Bonchev–Trinajstić information content (AvgIpc) is 2.94. The second-order valence-electron chi connectivity index (χ2n) is 4.83. The molecule has 2 heteroatoms. The normalized spacial score (nSPS) is 25.2. The summed E-state index contributed by atoms with van der Waals surface area (Å²) in [5, 5.41) is 0. The Kier molecular flexibility index (Phi) is 2.18. The molecule has 1 aromatic heterocycles. The van der Waals surface area contributed by atoms with E-state index in [0.717, 1.165) is 6.42 Å². The van der Waals surface area contributed by atoms with Crippen molar-refractivity contribution in [1.29, 1.82) is 0 Å². The minimum absolute atomic E-state index is 0.0366. The Morgan fingerprint density at radius 2 is 2.18 bits per heavy atom. The van der Waals surface area contributed by atoms with Crippen molar-refractivity contribution in [1.82, 2.24) is 9.97 Å². The van der Waals surface area contributed by atoms with Gasteiger partial charge < -0.3 is 4.98 Å². The SMILES string of the molecule is CC=C1c2ccccc2CC1(C)c1cnc[nH]1. The third kappa shape index (κ3) is 1.37. The van der Waals surface area contributed by atoms with E-state index in [4.69, 9.17) is 0 Å². The molecule has 86 valence electrons. The molecule has 0 spiro atoms. The first kappa shape index (κ1) is 10.3. The van der Waals surface area contributed by atoms with Gasteiger partial charge in [-0.05, 0) is 37.0 Å².